The highest BCUT2D eigenvalue weighted by Gasteiger charge is 2.12. The van der Waals surface area contributed by atoms with Gasteiger partial charge in [0.05, 0.1) is 11.7 Å². The molecule has 0 spiro atoms. The average molecular weight is 350 g/mol. The summed E-state index contributed by atoms with van der Waals surface area (Å²) in [5, 5.41) is 3.59. The molecule has 7 heteroatoms. The normalized spacial score (nSPS) is 11.4. The van der Waals surface area contributed by atoms with Gasteiger partial charge in [-0.2, -0.15) is 0 Å². The molecule has 2 rings (SSSR count). The highest BCUT2D eigenvalue weighted by molar-refractivity contribution is 7.18. The van der Waals surface area contributed by atoms with E-state index in [0.29, 0.717) is 18.5 Å². The molecule has 132 valence electrons. The Morgan fingerprint density at radius 3 is 2.71 bits per heavy atom. The van der Waals surface area contributed by atoms with Crippen molar-refractivity contribution in [1.82, 2.24) is 19.8 Å². The van der Waals surface area contributed by atoms with Gasteiger partial charge in [-0.05, 0) is 32.5 Å². The maximum absolute atomic E-state index is 12.5. The van der Waals surface area contributed by atoms with Crippen LogP contribution in [-0.2, 0) is 11.3 Å². The topological polar surface area (TPSA) is 67.2 Å². The number of hydrogen-bond donors (Lipinski definition) is 1. The van der Waals surface area contributed by atoms with Crippen molar-refractivity contribution < 1.29 is 4.79 Å². The summed E-state index contributed by atoms with van der Waals surface area (Å²) in [6.07, 6.45) is 1.83. The van der Waals surface area contributed by atoms with Crippen LogP contribution in [0.1, 0.15) is 30.7 Å². The van der Waals surface area contributed by atoms with Gasteiger partial charge in [-0.3, -0.25) is 14.2 Å². The van der Waals surface area contributed by atoms with Crippen molar-refractivity contribution in [1.29, 1.82) is 0 Å². The van der Waals surface area contributed by atoms with E-state index in [1.165, 1.54) is 15.9 Å². The Kier molecular flexibility index (Phi) is 6.51. The van der Waals surface area contributed by atoms with Crippen LogP contribution < -0.4 is 10.9 Å². The summed E-state index contributed by atoms with van der Waals surface area (Å²) in [7, 11) is 0. The number of aryl methyl sites for hydroxylation is 3. The first-order valence-corrected chi connectivity index (χ1v) is 9.23. The van der Waals surface area contributed by atoms with E-state index in [0.717, 1.165) is 34.9 Å². The Labute approximate surface area is 146 Å². The number of fused-ring (bicyclic) bond motifs is 1. The first kappa shape index (κ1) is 18.6. The lowest BCUT2D eigenvalue weighted by atomic mass is 10.2. The highest BCUT2D eigenvalue weighted by atomic mass is 32.1. The highest BCUT2D eigenvalue weighted by Crippen LogP contribution is 2.25. The molecule has 0 unspecified atom stereocenters. The Bertz CT molecular complexity index is 762. The fraction of sp³-hybridized carbons (Fsp3) is 0.588. The van der Waals surface area contributed by atoms with Crippen molar-refractivity contribution >= 4 is 27.5 Å². The van der Waals surface area contributed by atoms with Crippen molar-refractivity contribution in [3.8, 4) is 0 Å². The number of rotatable bonds is 8. The van der Waals surface area contributed by atoms with Crippen molar-refractivity contribution in [2.24, 2.45) is 0 Å². The Hall–Kier alpha value is -1.73. The molecule has 0 radical (unpaired) electrons. The van der Waals surface area contributed by atoms with E-state index in [1.807, 2.05) is 13.8 Å². The number of nitrogens with zero attached hydrogens (tertiary/aromatic N) is 3. The first-order chi connectivity index (χ1) is 11.5. The van der Waals surface area contributed by atoms with Crippen LogP contribution in [0.15, 0.2) is 11.1 Å². The molecule has 2 aromatic rings. The summed E-state index contributed by atoms with van der Waals surface area (Å²) in [5.74, 6) is -0.0348. The molecule has 0 aliphatic heterocycles. The zero-order valence-electron chi connectivity index (χ0n) is 14.9. The van der Waals surface area contributed by atoms with Crippen molar-refractivity contribution in [2.45, 2.75) is 40.7 Å². The van der Waals surface area contributed by atoms with Gasteiger partial charge >= 0.3 is 0 Å². The van der Waals surface area contributed by atoms with Crippen molar-refractivity contribution in [3.05, 3.63) is 27.1 Å². The summed E-state index contributed by atoms with van der Waals surface area (Å²) in [6.45, 7) is 11.9. The molecule has 2 aromatic heterocycles. The monoisotopic (exact) mass is 350 g/mol. The molecule has 0 saturated carbocycles. The summed E-state index contributed by atoms with van der Waals surface area (Å²) in [6, 6.07) is 0. The summed E-state index contributed by atoms with van der Waals surface area (Å²) < 4.78 is 1.53. The van der Waals surface area contributed by atoms with Crippen molar-refractivity contribution in [2.75, 3.05) is 26.2 Å². The Morgan fingerprint density at radius 1 is 1.33 bits per heavy atom. The van der Waals surface area contributed by atoms with Crippen LogP contribution in [0.4, 0.5) is 0 Å². The molecule has 1 amide bonds. The SMILES string of the molecule is CCN(CC)CCNC(=O)CCn1cnc2sc(C)c(C)c2c1=O. The number of amides is 1. The van der Waals surface area contributed by atoms with E-state index in [9.17, 15) is 9.59 Å². The predicted molar refractivity (Wildman–Crippen MR) is 98.8 cm³/mol. The minimum Gasteiger partial charge on any atom is -0.355 e. The summed E-state index contributed by atoms with van der Waals surface area (Å²) in [4.78, 5) is 33.0. The summed E-state index contributed by atoms with van der Waals surface area (Å²) >= 11 is 1.54. The van der Waals surface area contributed by atoms with Gasteiger partial charge in [-0.1, -0.05) is 13.8 Å². The molecule has 0 aliphatic rings. The fourth-order valence-corrected chi connectivity index (χ4v) is 3.62. The minimum atomic E-state index is -0.0576. The van der Waals surface area contributed by atoms with Gasteiger partial charge in [0.2, 0.25) is 5.91 Å². The number of nitrogens with one attached hydrogen (secondary N) is 1. The molecule has 2 heterocycles. The van der Waals surface area contributed by atoms with Crippen LogP contribution in [0.5, 0.6) is 0 Å². The van der Waals surface area contributed by atoms with Gasteiger partial charge in [-0.25, -0.2) is 4.98 Å². The van der Waals surface area contributed by atoms with Gasteiger partial charge in [0.15, 0.2) is 0 Å². The van der Waals surface area contributed by atoms with Gasteiger partial charge < -0.3 is 10.2 Å². The molecule has 0 saturated heterocycles. The Morgan fingerprint density at radius 2 is 2.04 bits per heavy atom. The van der Waals surface area contributed by atoms with Gasteiger partial charge in [0.25, 0.3) is 5.56 Å². The molecule has 1 N–H and O–H groups in total. The Balaban J connectivity index is 1.93. The number of carbonyl (C=O) groups excluding carboxylic acids is 1. The number of hydrogen-bond acceptors (Lipinski definition) is 5. The van der Waals surface area contributed by atoms with E-state index >= 15 is 0 Å². The van der Waals surface area contributed by atoms with E-state index in [-0.39, 0.29) is 17.9 Å². The molecule has 0 atom stereocenters. The lowest BCUT2D eigenvalue weighted by Crippen LogP contribution is -2.35. The lowest BCUT2D eigenvalue weighted by Gasteiger charge is -2.17. The zero-order chi connectivity index (χ0) is 17.7. The van der Waals surface area contributed by atoms with Crippen LogP contribution >= 0.6 is 11.3 Å². The van der Waals surface area contributed by atoms with Crippen LogP contribution in [0.3, 0.4) is 0 Å². The first-order valence-electron chi connectivity index (χ1n) is 8.42. The fourth-order valence-electron chi connectivity index (χ4n) is 2.63. The minimum absolute atomic E-state index is 0.0348. The summed E-state index contributed by atoms with van der Waals surface area (Å²) in [5.41, 5.74) is 0.934. The largest absolute Gasteiger partial charge is 0.355 e. The molecule has 0 bridgehead atoms. The second-order valence-corrected chi connectivity index (χ2v) is 7.04. The van der Waals surface area contributed by atoms with Crippen LogP contribution in [0.25, 0.3) is 10.2 Å². The molecule has 0 aromatic carbocycles. The van der Waals surface area contributed by atoms with Gasteiger partial charge in [0.1, 0.15) is 4.83 Å². The predicted octanol–water partition coefficient (Wildman–Crippen LogP) is 1.92. The molecule has 24 heavy (non-hydrogen) atoms. The van der Waals surface area contributed by atoms with E-state index < -0.39 is 0 Å². The third-order valence-electron chi connectivity index (χ3n) is 4.38. The van der Waals surface area contributed by atoms with Gasteiger partial charge in [0, 0.05) is 30.9 Å². The second kappa shape index (κ2) is 8.39. The van der Waals surface area contributed by atoms with E-state index in [4.69, 9.17) is 0 Å². The number of aromatic nitrogens is 2. The molecule has 6 nitrogen and oxygen atoms in total. The molecule has 0 fully saturated rings. The number of thiophene rings is 1. The second-order valence-electron chi connectivity index (χ2n) is 5.83. The maximum Gasteiger partial charge on any atom is 0.262 e. The maximum atomic E-state index is 12.5. The third kappa shape index (κ3) is 4.21. The van der Waals surface area contributed by atoms with Crippen LogP contribution in [-0.4, -0.2) is 46.5 Å². The average Bonchev–Trinajstić information content (AvgIpc) is 2.86. The number of likely N-dealkylation sites (N-methyl/N-ethyl adjacent to an activating group) is 1. The zero-order valence-corrected chi connectivity index (χ0v) is 15.7. The quantitative estimate of drug-likeness (QED) is 0.790. The smallest absolute Gasteiger partial charge is 0.262 e. The van der Waals surface area contributed by atoms with Crippen LogP contribution in [0.2, 0.25) is 0 Å². The molecular weight excluding hydrogens is 324 g/mol. The molecular formula is C17H26N4O2S. The van der Waals surface area contributed by atoms with Gasteiger partial charge in [-0.15, -0.1) is 11.3 Å². The van der Waals surface area contributed by atoms with E-state index in [2.05, 4.69) is 29.0 Å². The lowest BCUT2D eigenvalue weighted by molar-refractivity contribution is -0.121. The third-order valence-corrected chi connectivity index (χ3v) is 5.50. The van der Waals surface area contributed by atoms with E-state index in [1.54, 1.807) is 6.33 Å². The van der Waals surface area contributed by atoms with Crippen LogP contribution in [0, 0.1) is 13.8 Å². The number of carbonyl (C=O) groups is 1. The van der Waals surface area contributed by atoms with Crippen molar-refractivity contribution in [3.63, 3.8) is 0 Å². The molecule has 0 aliphatic carbocycles. The standard InChI is InChI=1S/C17H26N4O2S/c1-5-20(6-2)10-8-18-14(22)7-9-21-11-19-16-15(17(21)23)12(3)13(4)24-16/h11H,5-10H2,1-4H3,(H,18,22).